The van der Waals surface area contributed by atoms with E-state index in [0.29, 0.717) is 0 Å². The van der Waals surface area contributed by atoms with Gasteiger partial charge in [-0.1, -0.05) is 18.2 Å². The normalized spacial score (nSPS) is 22.2. The molecule has 5 nitrogen and oxygen atoms in total. The van der Waals surface area contributed by atoms with Gasteiger partial charge in [0.05, 0.1) is 0 Å². The molecule has 3 rings (SSSR count). The Morgan fingerprint density at radius 2 is 1.68 bits per heavy atom. The van der Waals surface area contributed by atoms with E-state index in [1.165, 1.54) is 0 Å². The van der Waals surface area contributed by atoms with Gasteiger partial charge in [0, 0.05) is 44.0 Å². The number of nitrogens with one attached hydrogen (secondary N) is 1. The fourth-order valence-corrected chi connectivity index (χ4v) is 4.26. The van der Waals surface area contributed by atoms with Crippen molar-refractivity contribution in [2.75, 3.05) is 52.1 Å². The number of likely N-dealkylation sites (N-methyl/N-ethyl adjacent to an activating group) is 2. The van der Waals surface area contributed by atoms with Gasteiger partial charge in [0.1, 0.15) is 5.54 Å². The number of carbonyl (C=O) groups is 1. The molecule has 5 heteroatoms. The van der Waals surface area contributed by atoms with Crippen LogP contribution in [0.5, 0.6) is 0 Å². The summed E-state index contributed by atoms with van der Waals surface area (Å²) < 4.78 is 0. The predicted octanol–water partition coefficient (Wildman–Crippen LogP) is 2.12. The first kappa shape index (κ1) is 18.2. The highest BCUT2D eigenvalue weighted by atomic mass is 16.2. The Morgan fingerprint density at radius 3 is 2.32 bits per heavy atom. The Bertz CT molecular complexity index is 593. The van der Waals surface area contributed by atoms with Crippen LogP contribution < -0.4 is 5.32 Å². The summed E-state index contributed by atoms with van der Waals surface area (Å²) in [6.07, 6.45) is 2.11. The number of piperidine rings is 1. The molecule has 2 aliphatic heterocycles. The molecule has 0 aromatic heterocycles. The molecule has 25 heavy (non-hydrogen) atoms. The van der Waals surface area contributed by atoms with Gasteiger partial charge < -0.3 is 15.1 Å². The Hall–Kier alpha value is -1.59. The van der Waals surface area contributed by atoms with Crippen molar-refractivity contribution in [1.29, 1.82) is 0 Å². The molecule has 0 aliphatic carbocycles. The number of anilines is 1. The minimum absolute atomic E-state index is 0.193. The highest BCUT2D eigenvalue weighted by molar-refractivity contribution is 5.88. The number of piperazine rings is 1. The number of hydrogen-bond acceptors (Lipinski definition) is 4. The smallest absolute Gasteiger partial charge is 0.247 e. The largest absolute Gasteiger partial charge is 0.372 e. The van der Waals surface area contributed by atoms with Gasteiger partial charge in [0.25, 0.3) is 0 Å². The summed E-state index contributed by atoms with van der Waals surface area (Å²) in [5.41, 5.74) is 0.630. The topological polar surface area (TPSA) is 38.8 Å². The third-order valence-electron chi connectivity index (χ3n) is 5.94. The number of para-hydroxylation sites is 1. The molecule has 0 radical (unpaired) electrons. The molecular formula is C20H32N4O. The quantitative estimate of drug-likeness (QED) is 0.912. The van der Waals surface area contributed by atoms with Gasteiger partial charge in [-0.25, -0.2) is 0 Å². The molecule has 1 spiro atoms. The molecule has 0 saturated carbocycles. The van der Waals surface area contributed by atoms with E-state index in [1.807, 2.05) is 49.1 Å². The lowest BCUT2D eigenvalue weighted by Crippen LogP contribution is -2.65. The van der Waals surface area contributed by atoms with E-state index in [2.05, 4.69) is 29.2 Å². The molecule has 2 aliphatic rings. The van der Waals surface area contributed by atoms with E-state index in [9.17, 15) is 4.79 Å². The van der Waals surface area contributed by atoms with Crippen molar-refractivity contribution in [1.82, 2.24) is 14.7 Å². The molecule has 1 aromatic carbocycles. The van der Waals surface area contributed by atoms with Crippen LogP contribution in [-0.4, -0.2) is 78.5 Å². The third kappa shape index (κ3) is 3.82. The summed E-state index contributed by atoms with van der Waals surface area (Å²) in [4.78, 5) is 20.1. The van der Waals surface area contributed by atoms with Crippen molar-refractivity contribution in [2.45, 2.75) is 37.8 Å². The van der Waals surface area contributed by atoms with Gasteiger partial charge in [-0.15, -0.1) is 0 Å². The average Bonchev–Trinajstić information content (AvgIpc) is 2.59. The fraction of sp³-hybridized carbons (Fsp3) is 0.650. The van der Waals surface area contributed by atoms with E-state index in [4.69, 9.17) is 0 Å². The van der Waals surface area contributed by atoms with Crippen LogP contribution in [0.4, 0.5) is 5.69 Å². The van der Waals surface area contributed by atoms with E-state index in [-0.39, 0.29) is 11.4 Å². The van der Waals surface area contributed by atoms with Crippen molar-refractivity contribution in [3.8, 4) is 0 Å². The molecule has 0 bridgehead atoms. The molecule has 2 heterocycles. The first-order chi connectivity index (χ1) is 11.8. The summed E-state index contributed by atoms with van der Waals surface area (Å²) in [5, 5.41) is 3.39. The van der Waals surface area contributed by atoms with Gasteiger partial charge in [-0.2, -0.15) is 0 Å². The fourth-order valence-electron chi connectivity index (χ4n) is 4.26. The molecule has 2 fully saturated rings. The maximum Gasteiger partial charge on any atom is 0.247 e. The Morgan fingerprint density at radius 1 is 1.04 bits per heavy atom. The minimum atomic E-state index is -0.596. The van der Waals surface area contributed by atoms with Crippen molar-refractivity contribution in [3.05, 3.63) is 30.3 Å². The van der Waals surface area contributed by atoms with Crippen LogP contribution in [0.1, 0.15) is 26.7 Å². The number of hydrogen-bond donors (Lipinski definition) is 1. The van der Waals surface area contributed by atoms with Gasteiger partial charge in [-0.05, 0) is 52.9 Å². The molecule has 2 saturated heterocycles. The average molecular weight is 345 g/mol. The molecule has 0 atom stereocenters. The molecule has 1 N–H and O–H groups in total. The van der Waals surface area contributed by atoms with Gasteiger partial charge in [0.2, 0.25) is 5.91 Å². The highest BCUT2D eigenvalue weighted by Crippen LogP contribution is 2.32. The Balaban J connectivity index is 1.63. The molecule has 1 amide bonds. The van der Waals surface area contributed by atoms with Crippen LogP contribution >= 0.6 is 0 Å². The summed E-state index contributed by atoms with van der Waals surface area (Å²) in [6, 6.07) is 9.98. The minimum Gasteiger partial charge on any atom is -0.372 e. The van der Waals surface area contributed by atoms with Crippen LogP contribution in [0, 0.1) is 0 Å². The van der Waals surface area contributed by atoms with E-state index in [1.54, 1.807) is 0 Å². The summed E-state index contributed by atoms with van der Waals surface area (Å²) in [5.74, 6) is 0.193. The number of likely N-dealkylation sites (tertiary alicyclic amines) is 1. The molecule has 0 unspecified atom stereocenters. The van der Waals surface area contributed by atoms with Crippen molar-refractivity contribution in [2.24, 2.45) is 0 Å². The van der Waals surface area contributed by atoms with E-state index < -0.39 is 5.54 Å². The lowest BCUT2D eigenvalue weighted by molar-refractivity contribution is -0.138. The zero-order valence-corrected chi connectivity index (χ0v) is 16.1. The van der Waals surface area contributed by atoms with Crippen LogP contribution in [0.15, 0.2) is 30.3 Å². The number of carbonyl (C=O) groups excluding carboxylic acids is 1. The van der Waals surface area contributed by atoms with E-state index in [0.717, 1.165) is 51.3 Å². The molecule has 1 aromatic rings. The second-order valence-electron chi connectivity index (χ2n) is 8.29. The number of rotatable bonds is 3. The van der Waals surface area contributed by atoms with Gasteiger partial charge in [0.15, 0.2) is 0 Å². The maximum atomic E-state index is 13.1. The first-order valence-electron chi connectivity index (χ1n) is 9.35. The summed E-state index contributed by atoms with van der Waals surface area (Å²) in [7, 11) is 4.45. The van der Waals surface area contributed by atoms with Crippen LogP contribution in [0.2, 0.25) is 0 Å². The highest BCUT2D eigenvalue weighted by Gasteiger charge is 2.43. The maximum absolute atomic E-state index is 13.1. The molecular weight excluding hydrogens is 312 g/mol. The van der Waals surface area contributed by atoms with Crippen LogP contribution in [-0.2, 0) is 4.79 Å². The number of nitrogens with zero attached hydrogens (tertiary/aromatic N) is 3. The SMILES string of the molecule is CN1CCN(C)C2(CCN(C(=O)C(C)(C)Nc3ccccc3)CC2)C1. The third-order valence-corrected chi connectivity index (χ3v) is 5.94. The number of benzene rings is 1. The lowest BCUT2D eigenvalue weighted by atomic mass is 9.83. The van der Waals surface area contributed by atoms with Gasteiger partial charge >= 0.3 is 0 Å². The van der Waals surface area contributed by atoms with Crippen molar-refractivity contribution in [3.63, 3.8) is 0 Å². The lowest BCUT2D eigenvalue weighted by Gasteiger charge is -2.53. The van der Waals surface area contributed by atoms with Crippen LogP contribution in [0.3, 0.4) is 0 Å². The number of amides is 1. The van der Waals surface area contributed by atoms with Crippen LogP contribution in [0.25, 0.3) is 0 Å². The van der Waals surface area contributed by atoms with Gasteiger partial charge in [-0.3, -0.25) is 9.69 Å². The second kappa shape index (κ2) is 6.96. The standard InChI is InChI=1S/C20H32N4O/c1-19(2,21-17-8-6-5-7-9-17)18(25)24-12-10-20(11-13-24)16-22(3)14-15-23(20)4/h5-9,21H,10-16H2,1-4H3. The Labute approximate surface area is 152 Å². The Kier molecular flexibility index (Phi) is 5.07. The van der Waals surface area contributed by atoms with E-state index >= 15 is 0 Å². The second-order valence-corrected chi connectivity index (χ2v) is 8.29. The molecule has 138 valence electrons. The first-order valence-corrected chi connectivity index (χ1v) is 9.35. The predicted molar refractivity (Wildman–Crippen MR) is 103 cm³/mol. The zero-order chi connectivity index (χ0) is 18.1. The monoisotopic (exact) mass is 344 g/mol. The van der Waals surface area contributed by atoms with Crippen molar-refractivity contribution < 1.29 is 4.79 Å². The zero-order valence-electron chi connectivity index (χ0n) is 16.1. The summed E-state index contributed by atoms with van der Waals surface area (Å²) >= 11 is 0. The van der Waals surface area contributed by atoms with Crippen molar-refractivity contribution >= 4 is 11.6 Å². The summed E-state index contributed by atoms with van der Waals surface area (Å²) in [6.45, 7) is 9.01.